The molecule has 14 atom stereocenters. The molecule has 6 rings (SSSR count). The van der Waals surface area contributed by atoms with Gasteiger partial charge in [-0.2, -0.15) is 0 Å². The average Bonchev–Trinajstić information content (AvgIpc) is 3.54. The highest BCUT2D eigenvalue weighted by atomic mass is 16.7. The maximum absolute atomic E-state index is 13.4. The lowest BCUT2D eigenvalue weighted by Gasteiger charge is -2.66. The number of aliphatic hydroxyl groups is 3. The second kappa shape index (κ2) is 12.2. The highest BCUT2D eigenvalue weighted by molar-refractivity contribution is 5.85. The number of rotatable bonds is 7. The molecule has 0 spiro atoms. The molecule has 262 valence electrons. The molecule has 2 heterocycles. The fraction of sp³-hybridized carbons (Fsp3) is 0.824. The van der Waals surface area contributed by atoms with Crippen LogP contribution in [0.3, 0.4) is 0 Å². The number of aliphatic hydroxyl groups excluding tert-OH is 1. The second-order valence-corrected chi connectivity index (χ2v) is 14.9. The van der Waals surface area contributed by atoms with E-state index in [-0.39, 0.29) is 38.2 Å². The fourth-order valence-electron chi connectivity index (χ4n) is 10.7. The average molecular weight is 665 g/mol. The number of esters is 3. The zero-order valence-electron chi connectivity index (χ0n) is 27.7. The van der Waals surface area contributed by atoms with Crippen molar-refractivity contribution in [3.05, 3.63) is 11.6 Å². The van der Waals surface area contributed by atoms with E-state index < -0.39 is 94.7 Å². The third kappa shape index (κ3) is 5.27. The van der Waals surface area contributed by atoms with Crippen LogP contribution in [0.15, 0.2) is 11.6 Å². The van der Waals surface area contributed by atoms with Crippen molar-refractivity contribution in [2.75, 3.05) is 13.7 Å². The van der Waals surface area contributed by atoms with Gasteiger partial charge in [-0.3, -0.25) is 9.59 Å². The van der Waals surface area contributed by atoms with Crippen molar-refractivity contribution < 1.29 is 62.9 Å². The Bertz CT molecular complexity index is 1320. The minimum absolute atomic E-state index is 0.0540. The highest BCUT2D eigenvalue weighted by Crippen LogP contribution is 2.71. The molecule has 4 aliphatic carbocycles. The van der Waals surface area contributed by atoms with Crippen molar-refractivity contribution in [2.24, 2.45) is 28.6 Å². The third-order valence-electron chi connectivity index (χ3n) is 12.7. The number of fused-ring (bicyclic) bond motifs is 5. The predicted octanol–water partition coefficient (Wildman–Crippen LogP) is 1.52. The number of hydrogen-bond acceptors (Lipinski definition) is 13. The minimum Gasteiger partial charge on any atom is -0.462 e. The highest BCUT2D eigenvalue weighted by Gasteiger charge is 2.74. The van der Waals surface area contributed by atoms with Crippen LogP contribution in [0, 0.1) is 28.6 Å². The third-order valence-corrected chi connectivity index (χ3v) is 12.7. The molecule has 0 amide bonds. The number of carbonyl (C=O) groups excluding carboxylic acids is 4. The summed E-state index contributed by atoms with van der Waals surface area (Å²) in [4.78, 5) is 49.6. The first kappa shape index (κ1) is 34.4. The van der Waals surface area contributed by atoms with E-state index in [1.807, 2.05) is 6.92 Å². The smallest absolute Gasteiger partial charge is 0.331 e. The Morgan fingerprint density at radius 1 is 1.02 bits per heavy atom. The van der Waals surface area contributed by atoms with Crippen molar-refractivity contribution in [3.8, 4) is 0 Å². The molecule has 5 fully saturated rings. The molecule has 0 bridgehead atoms. The topological polar surface area (TPSA) is 184 Å². The quantitative estimate of drug-likeness (QED) is 0.154. The van der Waals surface area contributed by atoms with Crippen LogP contribution in [0.2, 0.25) is 0 Å². The van der Waals surface area contributed by atoms with Gasteiger partial charge in [0.15, 0.2) is 12.4 Å². The van der Waals surface area contributed by atoms with Crippen molar-refractivity contribution in [3.63, 3.8) is 0 Å². The van der Waals surface area contributed by atoms with E-state index >= 15 is 0 Å². The number of cyclic esters (lactones) is 1. The molecule has 0 aromatic heterocycles. The van der Waals surface area contributed by atoms with E-state index in [2.05, 4.69) is 0 Å². The Labute approximate surface area is 274 Å². The van der Waals surface area contributed by atoms with Crippen molar-refractivity contribution >= 4 is 24.2 Å². The molecule has 4 saturated carbocycles. The molecule has 0 aromatic rings. The number of carbonyl (C=O) groups is 4. The molecule has 0 aromatic carbocycles. The van der Waals surface area contributed by atoms with Crippen molar-refractivity contribution in [1.29, 1.82) is 0 Å². The zero-order valence-corrected chi connectivity index (χ0v) is 27.7. The number of hydrogen-bond donors (Lipinski definition) is 3. The van der Waals surface area contributed by atoms with Gasteiger partial charge in [0.1, 0.15) is 31.2 Å². The van der Waals surface area contributed by atoms with Gasteiger partial charge in [-0.1, -0.05) is 6.92 Å². The summed E-state index contributed by atoms with van der Waals surface area (Å²) in [6.45, 7) is 6.41. The number of aldehydes is 1. The Balaban J connectivity index is 1.27. The van der Waals surface area contributed by atoms with Crippen LogP contribution in [0.5, 0.6) is 0 Å². The lowest BCUT2D eigenvalue weighted by molar-refractivity contribution is -0.323. The molecule has 13 nitrogen and oxygen atoms in total. The summed E-state index contributed by atoms with van der Waals surface area (Å²) in [7, 11) is 1.40. The lowest BCUT2D eigenvalue weighted by atomic mass is 9.41. The number of methoxy groups -OCH3 is 1. The Kier molecular flexibility index (Phi) is 8.92. The summed E-state index contributed by atoms with van der Waals surface area (Å²) in [5.74, 6) is -2.75. The van der Waals surface area contributed by atoms with Crippen molar-refractivity contribution in [2.45, 2.75) is 133 Å². The number of ether oxygens (including phenoxy) is 6. The van der Waals surface area contributed by atoms with E-state index in [0.717, 1.165) is 11.9 Å². The molecular formula is C34H48O13. The molecule has 0 unspecified atom stereocenters. The van der Waals surface area contributed by atoms with Crippen LogP contribution >= 0.6 is 0 Å². The van der Waals surface area contributed by atoms with Crippen LogP contribution in [0.1, 0.15) is 79.1 Å². The van der Waals surface area contributed by atoms with E-state index in [9.17, 15) is 34.5 Å². The van der Waals surface area contributed by atoms with Gasteiger partial charge in [-0.15, -0.1) is 0 Å². The molecular weight excluding hydrogens is 616 g/mol. The van der Waals surface area contributed by atoms with Crippen LogP contribution in [0.4, 0.5) is 0 Å². The van der Waals surface area contributed by atoms with Crippen LogP contribution in [0.25, 0.3) is 0 Å². The molecule has 6 aliphatic rings. The predicted molar refractivity (Wildman–Crippen MR) is 160 cm³/mol. The molecule has 2 aliphatic heterocycles. The van der Waals surface area contributed by atoms with Gasteiger partial charge < -0.3 is 48.5 Å². The fourth-order valence-corrected chi connectivity index (χ4v) is 10.7. The molecule has 47 heavy (non-hydrogen) atoms. The van der Waals surface area contributed by atoms with E-state index in [1.165, 1.54) is 27.0 Å². The Morgan fingerprint density at radius 2 is 1.74 bits per heavy atom. The molecule has 0 radical (unpaired) electrons. The Hall–Kier alpha value is -2.42. The zero-order chi connectivity index (χ0) is 34.1. The first-order valence-corrected chi connectivity index (χ1v) is 16.8. The lowest BCUT2D eigenvalue weighted by Crippen LogP contribution is -2.72. The van der Waals surface area contributed by atoms with E-state index in [1.54, 1.807) is 6.92 Å². The molecule has 13 heteroatoms. The van der Waals surface area contributed by atoms with Gasteiger partial charge in [0.2, 0.25) is 0 Å². The van der Waals surface area contributed by atoms with Crippen LogP contribution in [-0.2, 0) is 47.6 Å². The first-order valence-electron chi connectivity index (χ1n) is 16.8. The summed E-state index contributed by atoms with van der Waals surface area (Å²) < 4.78 is 34.2. The summed E-state index contributed by atoms with van der Waals surface area (Å²) >= 11 is 0. The molecule has 1 saturated heterocycles. The SMILES string of the molecule is CO[C@@H]1[C@H](O)[C@H](O[C@@H]2CC[C@@]3(C=O)[C@H]4[C@@H](CC[C@@]3(O)C2)[C@]2(O)CC[C@H](C3=CC(=O)OC3)[C@@]2(C)C[C@H]4OC(C)=O)O[C@H](C)[C@@H]1OC(C)=O. The standard InChI is InChI=1S/C34H48O13/c1-17-28(46-19(3)37)29(42-5)27(39)30(44-17)47-21-6-9-32(16-35)26-23(7-10-33(32,40)13-21)34(41)11-8-22(20-12-25(38)43-15-20)31(34,4)14-24(26)45-18(2)36/h12,16-17,21-24,26-30,39-41H,6-11,13-15H2,1-5H3/t17-,21-,22-,23-,24-,26+,27+,28+,29-,30+,31-,32-,33-,34-/m1/s1. The van der Waals surface area contributed by atoms with Crippen LogP contribution < -0.4 is 0 Å². The normalized spacial score (nSPS) is 49.1. The monoisotopic (exact) mass is 664 g/mol. The Morgan fingerprint density at radius 3 is 2.36 bits per heavy atom. The second-order valence-electron chi connectivity index (χ2n) is 14.9. The minimum atomic E-state index is -1.56. The van der Waals surface area contributed by atoms with Gasteiger partial charge in [0.05, 0.1) is 28.8 Å². The van der Waals surface area contributed by atoms with Crippen molar-refractivity contribution in [1.82, 2.24) is 0 Å². The molecule has 3 N–H and O–H groups in total. The maximum Gasteiger partial charge on any atom is 0.331 e. The summed E-state index contributed by atoms with van der Waals surface area (Å²) in [5.41, 5.74) is -4.08. The largest absolute Gasteiger partial charge is 0.462 e. The first-order chi connectivity index (χ1) is 22.1. The van der Waals surface area contributed by atoms with E-state index in [0.29, 0.717) is 25.7 Å². The van der Waals surface area contributed by atoms with Gasteiger partial charge in [-0.05, 0) is 69.3 Å². The van der Waals surface area contributed by atoms with E-state index in [4.69, 9.17) is 28.4 Å². The van der Waals surface area contributed by atoms with Crippen LogP contribution in [-0.4, -0.2) is 107 Å². The summed E-state index contributed by atoms with van der Waals surface area (Å²) in [5, 5.41) is 36.2. The van der Waals surface area contributed by atoms with Gasteiger partial charge in [-0.25, -0.2) is 4.79 Å². The maximum atomic E-state index is 13.4. The summed E-state index contributed by atoms with van der Waals surface area (Å²) in [6.07, 6.45) is -1.45. The van der Waals surface area contributed by atoms with Gasteiger partial charge in [0, 0.05) is 44.8 Å². The summed E-state index contributed by atoms with van der Waals surface area (Å²) in [6, 6.07) is 0. The van der Waals surface area contributed by atoms with Gasteiger partial charge in [0.25, 0.3) is 0 Å². The van der Waals surface area contributed by atoms with Gasteiger partial charge >= 0.3 is 17.9 Å².